The van der Waals surface area contributed by atoms with Gasteiger partial charge in [0.25, 0.3) is 0 Å². The number of nitrogens with one attached hydrogen (secondary N) is 1. The van der Waals surface area contributed by atoms with Crippen LogP contribution in [0, 0.1) is 11.8 Å². The summed E-state index contributed by atoms with van der Waals surface area (Å²) in [7, 11) is 0. The highest BCUT2D eigenvalue weighted by Gasteiger charge is 2.38. The monoisotopic (exact) mass is 572 g/mol. The number of benzene rings is 1. The summed E-state index contributed by atoms with van der Waals surface area (Å²) in [5.74, 6) is -3.18. The summed E-state index contributed by atoms with van der Waals surface area (Å²) >= 11 is 0.437. The third-order valence-electron chi connectivity index (χ3n) is 4.73. The SMILES string of the molecule is CC(C)CN(CC(C)C)c1ccc(C(C)CC(=O)O)cc1Nc1nnc(C(F)(F)F)s1.O=C(O)C(F)(F)F. The first-order valence-electron chi connectivity index (χ1n) is 11.4. The lowest BCUT2D eigenvalue weighted by Crippen LogP contribution is -2.31. The summed E-state index contributed by atoms with van der Waals surface area (Å²) < 4.78 is 70.6. The van der Waals surface area contributed by atoms with Crippen LogP contribution in [-0.4, -0.2) is 51.6 Å². The standard InChI is InChI=1S/C21H29F3N4O2S.C2HF3O2/c1-12(2)10-28(11-13(3)4)17-7-6-15(14(5)8-18(29)30)9-16(17)25-20-27-26-19(31-20)21(22,23)24;3-2(4,5)1(6)7/h6-7,9,12-14H,8,10-11H2,1-5H3,(H,25,27)(H,29,30);(H,6,7). The molecule has 0 spiro atoms. The van der Waals surface area contributed by atoms with E-state index in [1.165, 1.54) is 0 Å². The Morgan fingerprint density at radius 3 is 1.89 bits per heavy atom. The van der Waals surface area contributed by atoms with Crippen molar-refractivity contribution in [3.8, 4) is 0 Å². The molecule has 3 N–H and O–H groups in total. The van der Waals surface area contributed by atoms with Gasteiger partial charge in [-0.3, -0.25) is 4.79 Å². The zero-order chi connectivity index (χ0) is 29.4. The molecule has 1 unspecified atom stereocenters. The van der Waals surface area contributed by atoms with Crippen LogP contribution in [-0.2, 0) is 15.8 Å². The lowest BCUT2D eigenvalue weighted by Gasteiger charge is -2.31. The van der Waals surface area contributed by atoms with Crippen molar-refractivity contribution in [1.82, 2.24) is 10.2 Å². The first-order valence-corrected chi connectivity index (χ1v) is 12.2. The van der Waals surface area contributed by atoms with Gasteiger partial charge in [-0.05, 0) is 35.4 Å². The molecule has 38 heavy (non-hydrogen) atoms. The van der Waals surface area contributed by atoms with Gasteiger partial charge in [0.2, 0.25) is 10.1 Å². The van der Waals surface area contributed by atoms with Gasteiger partial charge in [0.1, 0.15) is 0 Å². The Morgan fingerprint density at radius 2 is 1.50 bits per heavy atom. The fourth-order valence-corrected chi connectivity index (χ4v) is 3.90. The molecule has 15 heteroatoms. The summed E-state index contributed by atoms with van der Waals surface area (Å²) in [5.41, 5.74) is 2.20. The van der Waals surface area contributed by atoms with Crippen molar-refractivity contribution >= 4 is 39.8 Å². The molecule has 1 aromatic heterocycles. The fraction of sp³-hybridized carbons (Fsp3) is 0.565. The average molecular weight is 573 g/mol. The highest BCUT2D eigenvalue weighted by atomic mass is 32.1. The molecule has 8 nitrogen and oxygen atoms in total. The second-order valence-electron chi connectivity index (χ2n) is 9.31. The minimum Gasteiger partial charge on any atom is -0.481 e. The fourth-order valence-electron chi connectivity index (χ4n) is 3.27. The molecule has 0 amide bonds. The highest BCUT2D eigenvalue weighted by Crippen LogP contribution is 2.37. The summed E-state index contributed by atoms with van der Waals surface area (Å²) in [6, 6.07) is 5.57. The highest BCUT2D eigenvalue weighted by molar-refractivity contribution is 7.15. The van der Waals surface area contributed by atoms with Gasteiger partial charge < -0.3 is 20.4 Å². The maximum atomic E-state index is 12.9. The smallest absolute Gasteiger partial charge is 0.481 e. The number of aliphatic carboxylic acids is 2. The number of carbonyl (C=O) groups is 2. The van der Waals surface area contributed by atoms with E-state index >= 15 is 0 Å². The van der Waals surface area contributed by atoms with E-state index in [1.807, 2.05) is 12.1 Å². The molecule has 0 saturated carbocycles. The van der Waals surface area contributed by atoms with Crippen LogP contribution in [0.25, 0.3) is 0 Å². The van der Waals surface area contributed by atoms with Gasteiger partial charge in [0.15, 0.2) is 0 Å². The number of aromatic nitrogens is 2. The van der Waals surface area contributed by atoms with Crippen LogP contribution in [0.3, 0.4) is 0 Å². The Morgan fingerprint density at radius 1 is 0.974 bits per heavy atom. The predicted molar refractivity (Wildman–Crippen MR) is 131 cm³/mol. The van der Waals surface area contributed by atoms with Crippen LogP contribution in [0.1, 0.15) is 57.5 Å². The molecule has 1 aromatic carbocycles. The minimum absolute atomic E-state index is 0.0330. The number of carboxylic acids is 2. The predicted octanol–water partition coefficient (Wildman–Crippen LogP) is 6.63. The third kappa shape index (κ3) is 11.1. The Kier molecular flexibility index (Phi) is 11.8. The Bertz CT molecular complexity index is 1060. The van der Waals surface area contributed by atoms with E-state index in [0.717, 1.165) is 24.3 Å². The molecule has 0 radical (unpaired) electrons. The Labute approximate surface area is 219 Å². The van der Waals surface area contributed by atoms with Gasteiger partial charge >= 0.3 is 24.3 Å². The molecule has 1 atom stereocenters. The molecule has 1 heterocycles. The van der Waals surface area contributed by atoms with Gasteiger partial charge in [-0.1, -0.05) is 52.0 Å². The topological polar surface area (TPSA) is 116 Å². The first-order chi connectivity index (χ1) is 17.3. The van der Waals surface area contributed by atoms with Crippen LogP contribution in [0.2, 0.25) is 0 Å². The molecule has 0 saturated heterocycles. The second-order valence-corrected chi connectivity index (χ2v) is 10.3. The van der Waals surface area contributed by atoms with Gasteiger partial charge in [0.05, 0.1) is 17.8 Å². The van der Waals surface area contributed by atoms with E-state index in [2.05, 4.69) is 48.1 Å². The largest absolute Gasteiger partial charge is 0.490 e. The molecular formula is C23H30F6N4O4S. The van der Waals surface area contributed by atoms with Crippen molar-refractivity contribution in [2.24, 2.45) is 11.8 Å². The van der Waals surface area contributed by atoms with Crippen molar-refractivity contribution in [2.45, 2.75) is 59.3 Å². The van der Waals surface area contributed by atoms with E-state index in [-0.39, 0.29) is 17.5 Å². The number of alkyl halides is 6. The van der Waals surface area contributed by atoms with Gasteiger partial charge in [-0.15, -0.1) is 10.2 Å². The average Bonchev–Trinajstić information content (AvgIpc) is 3.21. The van der Waals surface area contributed by atoms with Crippen LogP contribution in [0.15, 0.2) is 18.2 Å². The third-order valence-corrected chi connectivity index (χ3v) is 5.62. The van der Waals surface area contributed by atoms with Crippen molar-refractivity contribution in [3.05, 3.63) is 28.8 Å². The van der Waals surface area contributed by atoms with E-state index in [1.54, 1.807) is 13.0 Å². The van der Waals surface area contributed by atoms with Crippen molar-refractivity contribution in [1.29, 1.82) is 0 Å². The van der Waals surface area contributed by atoms with Crippen LogP contribution < -0.4 is 10.2 Å². The van der Waals surface area contributed by atoms with Crippen molar-refractivity contribution < 1.29 is 46.1 Å². The Hall–Kier alpha value is -3.10. The molecular weight excluding hydrogens is 542 g/mol. The lowest BCUT2D eigenvalue weighted by molar-refractivity contribution is -0.192. The van der Waals surface area contributed by atoms with E-state index < -0.39 is 29.3 Å². The summed E-state index contributed by atoms with van der Waals surface area (Å²) in [4.78, 5) is 22.2. The number of rotatable bonds is 10. The van der Waals surface area contributed by atoms with Gasteiger partial charge in [0, 0.05) is 13.1 Å². The van der Waals surface area contributed by atoms with Gasteiger partial charge in [-0.2, -0.15) is 26.3 Å². The number of hydrogen-bond donors (Lipinski definition) is 3. The minimum atomic E-state index is -5.08. The number of anilines is 3. The Balaban J connectivity index is 0.000000905. The normalized spacial score (nSPS) is 12.7. The first kappa shape index (κ1) is 32.9. The lowest BCUT2D eigenvalue weighted by atomic mass is 9.96. The molecule has 0 aliphatic carbocycles. The maximum absolute atomic E-state index is 12.9. The van der Waals surface area contributed by atoms with Crippen LogP contribution >= 0.6 is 11.3 Å². The molecule has 214 valence electrons. The number of carboxylic acid groups (broad SMARTS) is 2. The molecule has 0 aliphatic rings. The summed E-state index contributed by atoms with van der Waals surface area (Å²) in [5, 5.41) is 25.1. The van der Waals surface area contributed by atoms with Crippen LogP contribution in [0.5, 0.6) is 0 Å². The molecule has 0 aliphatic heterocycles. The summed E-state index contributed by atoms with van der Waals surface area (Å²) in [6.45, 7) is 11.7. The van der Waals surface area contributed by atoms with Crippen molar-refractivity contribution in [3.63, 3.8) is 0 Å². The zero-order valence-electron chi connectivity index (χ0n) is 21.3. The quantitative estimate of drug-likeness (QED) is 0.272. The van der Waals surface area contributed by atoms with E-state index in [4.69, 9.17) is 15.0 Å². The van der Waals surface area contributed by atoms with Crippen LogP contribution in [0.4, 0.5) is 42.8 Å². The summed E-state index contributed by atoms with van der Waals surface area (Å²) in [6.07, 6.45) is -9.68. The molecule has 0 bridgehead atoms. The number of nitrogens with zero attached hydrogens (tertiary/aromatic N) is 3. The molecule has 2 aromatic rings. The van der Waals surface area contributed by atoms with Gasteiger partial charge in [-0.25, -0.2) is 4.79 Å². The maximum Gasteiger partial charge on any atom is 0.490 e. The molecule has 0 fully saturated rings. The molecule has 2 rings (SSSR count). The number of hydrogen-bond acceptors (Lipinski definition) is 7. The zero-order valence-corrected chi connectivity index (χ0v) is 22.1. The second kappa shape index (κ2) is 13.6. The van der Waals surface area contributed by atoms with E-state index in [9.17, 15) is 31.1 Å². The number of halogens is 6. The van der Waals surface area contributed by atoms with Crippen molar-refractivity contribution in [2.75, 3.05) is 23.3 Å². The van der Waals surface area contributed by atoms with E-state index in [0.29, 0.717) is 28.9 Å².